The van der Waals surface area contributed by atoms with E-state index in [2.05, 4.69) is 4.74 Å². The van der Waals surface area contributed by atoms with Crippen LogP contribution in [0.2, 0.25) is 0 Å². The van der Waals surface area contributed by atoms with Crippen molar-refractivity contribution in [1.82, 2.24) is 0 Å². The fraction of sp³-hybridized carbons (Fsp3) is 0.400. The maximum absolute atomic E-state index is 12.1. The SMILES string of the molecule is Cl.N[C@@H](CCO)c1ccccc1OC(F)(F)F. The van der Waals surface area contributed by atoms with Crippen LogP contribution in [0.1, 0.15) is 18.0 Å². The first-order valence-electron chi connectivity index (χ1n) is 4.65. The number of aliphatic hydroxyl groups excluding tert-OH is 1. The molecule has 0 heterocycles. The van der Waals surface area contributed by atoms with Crippen molar-refractivity contribution in [3.63, 3.8) is 0 Å². The Hall–Kier alpha value is -0.980. The number of alkyl halides is 3. The summed E-state index contributed by atoms with van der Waals surface area (Å²) in [4.78, 5) is 0. The van der Waals surface area contributed by atoms with E-state index in [4.69, 9.17) is 10.8 Å². The van der Waals surface area contributed by atoms with Gasteiger partial charge in [0.15, 0.2) is 0 Å². The van der Waals surface area contributed by atoms with Crippen LogP contribution < -0.4 is 10.5 Å². The predicted molar refractivity (Wildman–Crippen MR) is 59.0 cm³/mol. The highest BCUT2D eigenvalue weighted by Gasteiger charge is 2.32. The zero-order chi connectivity index (χ0) is 12.2. The van der Waals surface area contributed by atoms with Crippen LogP contribution in [-0.2, 0) is 0 Å². The van der Waals surface area contributed by atoms with E-state index in [-0.39, 0.29) is 36.7 Å². The van der Waals surface area contributed by atoms with Crippen LogP contribution in [0.15, 0.2) is 24.3 Å². The first-order chi connectivity index (χ1) is 7.44. The lowest BCUT2D eigenvalue weighted by atomic mass is 10.0. The number of hydrogen-bond acceptors (Lipinski definition) is 3. The van der Waals surface area contributed by atoms with Gasteiger partial charge in [0.2, 0.25) is 0 Å². The number of halogens is 4. The number of para-hydroxylation sites is 1. The quantitative estimate of drug-likeness (QED) is 0.884. The summed E-state index contributed by atoms with van der Waals surface area (Å²) < 4.78 is 40.0. The van der Waals surface area contributed by atoms with Crippen molar-refractivity contribution in [3.05, 3.63) is 29.8 Å². The van der Waals surface area contributed by atoms with E-state index in [0.29, 0.717) is 0 Å². The summed E-state index contributed by atoms with van der Waals surface area (Å²) in [5, 5.41) is 8.68. The Labute approximate surface area is 103 Å². The third kappa shape index (κ3) is 5.25. The Morgan fingerprint density at radius 2 is 1.88 bits per heavy atom. The van der Waals surface area contributed by atoms with E-state index in [1.165, 1.54) is 18.2 Å². The first kappa shape index (κ1) is 16.0. The standard InChI is InChI=1S/C10H12F3NO2.ClH/c11-10(12,13)16-9-4-2-1-3-7(9)8(14)5-6-15;/h1-4,8,15H,5-6,14H2;1H/t8-;/m0./s1. The van der Waals surface area contributed by atoms with Gasteiger partial charge in [-0.25, -0.2) is 0 Å². The number of hydrogen-bond donors (Lipinski definition) is 2. The molecule has 17 heavy (non-hydrogen) atoms. The molecule has 0 aromatic heterocycles. The molecule has 0 aliphatic rings. The lowest BCUT2D eigenvalue weighted by molar-refractivity contribution is -0.275. The molecule has 1 aromatic rings. The van der Waals surface area contributed by atoms with Gasteiger partial charge < -0.3 is 15.6 Å². The lowest BCUT2D eigenvalue weighted by Gasteiger charge is -2.17. The summed E-state index contributed by atoms with van der Waals surface area (Å²) in [6.45, 7) is -0.193. The van der Waals surface area contributed by atoms with Crippen LogP contribution in [0, 0.1) is 0 Å². The molecule has 98 valence electrons. The van der Waals surface area contributed by atoms with Crippen molar-refractivity contribution < 1.29 is 23.0 Å². The van der Waals surface area contributed by atoms with Gasteiger partial charge in [-0.05, 0) is 12.5 Å². The molecular formula is C10H13ClF3NO2. The molecule has 0 aliphatic heterocycles. The summed E-state index contributed by atoms with van der Waals surface area (Å²) in [5.41, 5.74) is 5.85. The van der Waals surface area contributed by atoms with Gasteiger partial charge in [-0.3, -0.25) is 0 Å². The van der Waals surface area contributed by atoms with E-state index < -0.39 is 12.4 Å². The topological polar surface area (TPSA) is 55.5 Å². The fourth-order valence-electron chi connectivity index (χ4n) is 1.30. The van der Waals surface area contributed by atoms with Crippen LogP contribution in [0.3, 0.4) is 0 Å². The highest BCUT2D eigenvalue weighted by Crippen LogP contribution is 2.30. The van der Waals surface area contributed by atoms with Gasteiger partial charge in [-0.15, -0.1) is 25.6 Å². The predicted octanol–water partition coefficient (Wildman–Crippen LogP) is 2.39. The van der Waals surface area contributed by atoms with Crippen LogP contribution in [0.25, 0.3) is 0 Å². The maximum Gasteiger partial charge on any atom is 0.573 e. The number of aliphatic hydroxyl groups is 1. The number of nitrogens with two attached hydrogens (primary N) is 1. The van der Waals surface area contributed by atoms with Gasteiger partial charge in [-0.2, -0.15) is 0 Å². The molecule has 1 atom stereocenters. The minimum atomic E-state index is -4.74. The Bertz CT molecular complexity index is 347. The number of benzene rings is 1. The highest BCUT2D eigenvalue weighted by molar-refractivity contribution is 5.85. The summed E-state index contributed by atoms with van der Waals surface area (Å²) in [6, 6.07) is 4.96. The molecule has 0 saturated heterocycles. The maximum atomic E-state index is 12.1. The third-order valence-electron chi connectivity index (χ3n) is 1.98. The fourth-order valence-corrected chi connectivity index (χ4v) is 1.30. The second-order valence-electron chi connectivity index (χ2n) is 3.20. The van der Waals surface area contributed by atoms with Gasteiger partial charge in [0, 0.05) is 18.2 Å². The Morgan fingerprint density at radius 1 is 1.29 bits per heavy atom. The molecule has 0 unspecified atom stereocenters. The molecule has 0 saturated carbocycles. The molecule has 1 rings (SSSR count). The normalized spacial score (nSPS) is 12.8. The van der Waals surface area contributed by atoms with E-state index >= 15 is 0 Å². The monoisotopic (exact) mass is 271 g/mol. The first-order valence-corrected chi connectivity index (χ1v) is 4.65. The van der Waals surface area contributed by atoms with Crippen molar-refractivity contribution in [1.29, 1.82) is 0 Å². The smallest absolute Gasteiger partial charge is 0.405 e. The van der Waals surface area contributed by atoms with Crippen LogP contribution in [0.5, 0.6) is 5.75 Å². The highest BCUT2D eigenvalue weighted by atomic mass is 35.5. The zero-order valence-electron chi connectivity index (χ0n) is 8.78. The third-order valence-corrected chi connectivity index (χ3v) is 1.98. The number of ether oxygens (including phenoxy) is 1. The summed E-state index contributed by atoms with van der Waals surface area (Å²) in [7, 11) is 0. The van der Waals surface area contributed by atoms with E-state index in [0.717, 1.165) is 0 Å². The van der Waals surface area contributed by atoms with Crippen LogP contribution in [-0.4, -0.2) is 18.1 Å². The molecule has 0 aliphatic carbocycles. The summed E-state index contributed by atoms with van der Waals surface area (Å²) in [6.07, 6.45) is -4.56. The second-order valence-corrected chi connectivity index (χ2v) is 3.20. The average molecular weight is 272 g/mol. The molecule has 1 aromatic carbocycles. The van der Waals surface area contributed by atoms with E-state index in [1.807, 2.05) is 0 Å². The molecule has 7 heteroatoms. The van der Waals surface area contributed by atoms with E-state index in [1.54, 1.807) is 6.07 Å². The van der Waals surface area contributed by atoms with Crippen molar-refractivity contribution >= 4 is 12.4 Å². The van der Waals surface area contributed by atoms with Crippen molar-refractivity contribution in [3.8, 4) is 5.75 Å². The van der Waals surface area contributed by atoms with Gasteiger partial charge in [-0.1, -0.05) is 18.2 Å². The summed E-state index contributed by atoms with van der Waals surface area (Å²) in [5.74, 6) is -0.323. The van der Waals surface area contributed by atoms with Gasteiger partial charge in [0.1, 0.15) is 5.75 Å². The molecular weight excluding hydrogens is 259 g/mol. The lowest BCUT2D eigenvalue weighted by Crippen LogP contribution is -2.20. The summed E-state index contributed by atoms with van der Waals surface area (Å²) >= 11 is 0. The molecule has 0 fully saturated rings. The molecule has 3 nitrogen and oxygen atoms in total. The van der Waals surface area contributed by atoms with Crippen LogP contribution in [0.4, 0.5) is 13.2 Å². The molecule has 0 bridgehead atoms. The van der Waals surface area contributed by atoms with Crippen LogP contribution >= 0.6 is 12.4 Å². The minimum absolute atomic E-state index is 0. The molecule has 0 radical (unpaired) electrons. The van der Waals surface area contributed by atoms with Gasteiger partial charge in [0.25, 0.3) is 0 Å². The average Bonchev–Trinajstić information content (AvgIpc) is 2.16. The minimum Gasteiger partial charge on any atom is -0.405 e. The Kier molecular flexibility index (Phi) is 6.30. The molecule has 0 amide bonds. The molecule has 0 spiro atoms. The Balaban J connectivity index is 0.00000256. The van der Waals surface area contributed by atoms with Gasteiger partial charge in [0.05, 0.1) is 0 Å². The Morgan fingerprint density at radius 3 is 2.41 bits per heavy atom. The van der Waals surface area contributed by atoms with Crippen molar-refractivity contribution in [2.45, 2.75) is 18.8 Å². The number of rotatable bonds is 4. The van der Waals surface area contributed by atoms with E-state index in [9.17, 15) is 13.2 Å². The van der Waals surface area contributed by atoms with Crippen molar-refractivity contribution in [2.24, 2.45) is 5.73 Å². The van der Waals surface area contributed by atoms with Gasteiger partial charge >= 0.3 is 6.36 Å². The van der Waals surface area contributed by atoms with Crippen molar-refractivity contribution in [2.75, 3.05) is 6.61 Å². The molecule has 3 N–H and O–H groups in total. The zero-order valence-corrected chi connectivity index (χ0v) is 9.59. The largest absolute Gasteiger partial charge is 0.573 e. The second kappa shape index (κ2) is 6.68.